The molecule has 1 aromatic carbocycles. The zero-order chi connectivity index (χ0) is 14.1. The molecular formula is C13H18N4O2. The van der Waals surface area contributed by atoms with Gasteiger partial charge in [-0.2, -0.15) is 5.26 Å². The number of rotatable bonds is 7. The molecule has 0 aliphatic rings. The van der Waals surface area contributed by atoms with E-state index in [2.05, 4.69) is 10.6 Å². The lowest BCUT2D eigenvalue weighted by Gasteiger charge is -2.09. The highest BCUT2D eigenvalue weighted by Crippen LogP contribution is 2.19. The molecule has 6 heteroatoms. The van der Waals surface area contributed by atoms with E-state index in [9.17, 15) is 4.79 Å². The summed E-state index contributed by atoms with van der Waals surface area (Å²) in [4.78, 5) is 11.4. The topological polar surface area (TPSA) is 100 Å². The van der Waals surface area contributed by atoms with Gasteiger partial charge in [-0.05, 0) is 18.2 Å². The number of amides is 1. The number of nitrogen functional groups attached to an aromatic ring is 1. The normalized spacial score (nSPS) is 9.68. The molecule has 0 saturated heterocycles. The van der Waals surface area contributed by atoms with Crippen molar-refractivity contribution in [1.82, 2.24) is 5.32 Å². The van der Waals surface area contributed by atoms with Gasteiger partial charge >= 0.3 is 0 Å². The number of carbonyl (C=O) groups is 1. The average Bonchev–Trinajstić information content (AvgIpc) is 2.41. The second kappa shape index (κ2) is 7.95. The maximum atomic E-state index is 11.4. The molecule has 4 N–H and O–H groups in total. The highest BCUT2D eigenvalue weighted by Gasteiger charge is 2.03. The summed E-state index contributed by atoms with van der Waals surface area (Å²) in [6.07, 6.45) is 0.350. The molecule has 102 valence electrons. The maximum absolute atomic E-state index is 11.4. The molecule has 0 fully saturated rings. The molecule has 0 radical (unpaired) electrons. The first-order chi connectivity index (χ1) is 9.17. The molecule has 1 aromatic rings. The molecule has 0 heterocycles. The molecule has 19 heavy (non-hydrogen) atoms. The average molecular weight is 262 g/mol. The van der Waals surface area contributed by atoms with Crippen molar-refractivity contribution in [2.75, 3.05) is 37.9 Å². The maximum Gasteiger partial charge on any atom is 0.221 e. The van der Waals surface area contributed by atoms with Crippen LogP contribution < -0.4 is 16.4 Å². The van der Waals surface area contributed by atoms with E-state index in [4.69, 9.17) is 15.7 Å². The quantitative estimate of drug-likeness (QED) is 0.496. The summed E-state index contributed by atoms with van der Waals surface area (Å²) >= 11 is 0. The van der Waals surface area contributed by atoms with Crippen LogP contribution in [0.2, 0.25) is 0 Å². The van der Waals surface area contributed by atoms with E-state index in [0.29, 0.717) is 37.4 Å². The zero-order valence-corrected chi connectivity index (χ0v) is 10.9. The Balaban J connectivity index is 2.33. The molecule has 0 unspecified atom stereocenters. The van der Waals surface area contributed by atoms with Crippen molar-refractivity contribution in [1.29, 1.82) is 5.26 Å². The number of hydrogen-bond acceptors (Lipinski definition) is 5. The van der Waals surface area contributed by atoms with Crippen molar-refractivity contribution in [2.24, 2.45) is 0 Å². The fourth-order valence-corrected chi connectivity index (χ4v) is 1.48. The molecule has 0 bridgehead atoms. The number of nitrogens with zero attached hydrogens (tertiary/aromatic N) is 1. The van der Waals surface area contributed by atoms with E-state index >= 15 is 0 Å². The summed E-state index contributed by atoms with van der Waals surface area (Å²) in [7, 11) is 1.58. The van der Waals surface area contributed by atoms with Gasteiger partial charge in [-0.3, -0.25) is 4.79 Å². The second-order valence-electron chi connectivity index (χ2n) is 3.93. The Morgan fingerprint density at radius 2 is 2.26 bits per heavy atom. The van der Waals surface area contributed by atoms with Crippen LogP contribution in [0.4, 0.5) is 11.4 Å². The Labute approximate surface area is 112 Å². The number of nitriles is 1. The number of hydrogen-bond donors (Lipinski definition) is 3. The van der Waals surface area contributed by atoms with Crippen LogP contribution in [0.5, 0.6) is 0 Å². The molecule has 1 amide bonds. The third-order valence-electron chi connectivity index (χ3n) is 2.48. The Morgan fingerprint density at radius 1 is 1.47 bits per heavy atom. The molecule has 0 aromatic heterocycles. The Morgan fingerprint density at radius 3 is 2.89 bits per heavy atom. The van der Waals surface area contributed by atoms with Crippen molar-refractivity contribution in [3.05, 3.63) is 23.8 Å². The summed E-state index contributed by atoms with van der Waals surface area (Å²) in [5.74, 6) is -0.0447. The van der Waals surface area contributed by atoms with Gasteiger partial charge in [-0.15, -0.1) is 0 Å². The summed E-state index contributed by atoms with van der Waals surface area (Å²) in [5, 5.41) is 14.5. The Kier molecular flexibility index (Phi) is 6.19. The predicted octanol–water partition coefficient (Wildman–Crippen LogP) is 0.705. The van der Waals surface area contributed by atoms with Crippen LogP contribution in [0, 0.1) is 11.3 Å². The molecule has 6 nitrogen and oxygen atoms in total. The van der Waals surface area contributed by atoms with E-state index in [-0.39, 0.29) is 5.91 Å². The van der Waals surface area contributed by atoms with Gasteiger partial charge in [0.15, 0.2) is 0 Å². The SMILES string of the molecule is COCCNC(=O)CCNc1ccc(C#N)cc1N. The Bertz CT molecular complexity index is 468. The molecular weight excluding hydrogens is 244 g/mol. The second-order valence-corrected chi connectivity index (χ2v) is 3.93. The summed E-state index contributed by atoms with van der Waals surface area (Å²) in [5.41, 5.74) is 7.52. The third kappa shape index (κ3) is 5.27. The Hall–Kier alpha value is -2.26. The standard InChI is InChI=1S/C13H18N4O2/c1-19-7-6-17-13(18)4-5-16-12-3-2-10(9-14)8-11(12)15/h2-3,8,16H,4-7,15H2,1H3,(H,17,18). The van der Waals surface area contributed by atoms with E-state index in [1.165, 1.54) is 0 Å². The van der Waals surface area contributed by atoms with Crippen LogP contribution in [0.15, 0.2) is 18.2 Å². The number of nitrogens with two attached hydrogens (primary N) is 1. The highest BCUT2D eigenvalue weighted by atomic mass is 16.5. The van der Waals surface area contributed by atoms with Crippen LogP contribution in [0.25, 0.3) is 0 Å². The lowest BCUT2D eigenvalue weighted by Crippen LogP contribution is -2.28. The summed E-state index contributed by atoms with van der Waals surface area (Å²) in [6.45, 7) is 1.49. The van der Waals surface area contributed by atoms with Gasteiger partial charge in [0.05, 0.1) is 29.6 Å². The van der Waals surface area contributed by atoms with Crippen molar-refractivity contribution in [2.45, 2.75) is 6.42 Å². The molecule has 1 rings (SSSR count). The summed E-state index contributed by atoms with van der Waals surface area (Å²) in [6, 6.07) is 7.02. The van der Waals surface area contributed by atoms with Gasteiger partial charge in [-0.1, -0.05) is 0 Å². The number of anilines is 2. The molecule has 0 atom stereocenters. The first-order valence-electron chi connectivity index (χ1n) is 5.96. The molecule has 0 spiro atoms. The van der Waals surface area contributed by atoms with Gasteiger partial charge < -0.3 is 21.1 Å². The lowest BCUT2D eigenvalue weighted by atomic mass is 10.2. The molecule has 0 aliphatic heterocycles. The van der Waals surface area contributed by atoms with Gasteiger partial charge in [0.25, 0.3) is 0 Å². The van der Waals surface area contributed by atoms with Gasteiger partial charge in [0.2, 0.25) is 5.91 Å². The van der Waals surface area contributed by atoms with E-state index in [1.54, 1.807) is 25.3 Å². The number of benzene rings is 1. The fourth-order valence-electron chi connectivity index (χ4n) is 1.48. The summed E-state index contributed by atoms with van der Waals surface area (Å²) < 4.78 is 4.83. The highest BCUT2D eigenvalue weighted by molar-refractivity contribution is 5.77. The van der Waals surface area contributed by atoms with Crippen molar-refractivity contribution in [3.63, 3.8) is 0 Å². The number of methoxy groups -OCH3 is 1. The van der Waals surface area contributed by atoms with Gasteiger partial charge in [-0.25, -0.2) is 0 Å². The number of nitrogens with one attached hydrogen (secondary N) is 2. The van der Waals surface area contributed by atoms with E-state index in [0.717, 1.165) is 5.69 Å². The van der Waals surface area contributed by atoms with Gasteiger partial charge in [0.1, 0.15) is 0 Å². The van der Waals surface area contributed by atoms with Crippen molar-refractivity contribution >= 4 is 17.3 Å². The van der Waals surface area contributed by atoms with Crippen LogP contribution in [-0.4, -0.2) is 32.7 Å². The minimum atomic E-state index is -0.0447. The van der Waals surface area contributed by atoms with Crippen LogP contribution in [-0.2, 0) is 9.53 Å². The monoisotopic (exact) mass is 262 g/mol. The van der Waals surface area contributed by atoms with Crippen molar-refractivity contribution in [3.8, 4) is 6.07 Å². The predicted molar refractivity (Wildman–Crippen MR) is 73.6 cm³/mol. The van der Waals surface area contributed by atoms with E-state index < -0.39 is 0 Å². The zero-order valence-electron chi connectivity index (χ0n) is 10.9. The first kappa shape index (κ1) is 14.8. The van der Waals surface area contributed by atoms with Crippen molar-refractivity contribution < 1.29 is 9.53 Å². The van der Waals surface area contributed by atoms with Crippen LogP contribution >= 0.6 is 0 Å². The minimum Gasteiger partial charge on any atom is -0.397 e. The van der Waals surface area contributed by atoms with Crippen LogP contribution in [0.3, 0.4) is 0 Å². The van der Waals surface area contributed by atoms with Crippen LogP contribution in [0.1, 0.15) is 12.0 Å². The lowest BCUT2D eigenvalue weighted by molar-refractivity contribution is -0.121. The first-order valence-corrected chi connectivity index (χ1v) is 5.96. The third-order valence-corrected chi connectivity index (χ3v) is 2.48. The minimum absolute atomic E-state index is 0.0447. The van der Waals surface area contributed by atoms with Gasteiger partial charge in [0, 0.05) is 26.6 Å². The number of ether oxygens (including phenoxy) is 1. The molecule has 0 saturated carbocycles. The fraction of sp³-hybridized carbons (Fsp3) is 0.385. The largest absolute Gasteiger partial charge is 0.397 e. The van der Waals surface area contributed by atoms with E-state index in [1.807, 2.05) is 6.07 Å². The molecule has 0 aliphatic carbocycles. The smallest absolute Gasteiger partial charge is 0.221 e. The number of carbonyl (C=O) groups excluding carboxylic acids is 1.